The van der Waals surface area contributed by atoms with Crippen LogP contribution in [-0.2, 0) is 0 Å². The average molecular weight is 225 g/mol. The van der Waals surface area contributed by atoms with E-state index in [4.69, 9.17) is 10.9 Å². The molecule has 0 saturated carbocycles. The third-order valence-corrected chi connectivity index (χ3v) is 2.35. The molecule has 0 aliphatic carbocycles. The van der Waals surface area contributed by atoms with E-state index in [1.807, 2.05) is 0 Å². The van der Waals surface area contributed by atoms with E-state index in [0.717, 1.165) is 13.0 Å². The molecule has 5 N–H and O–H groups in total. The molecule has 16 heavy (non-hydrogen) atoms. The van der Waals surface area contributed by atoms with Gasteiger partial charge in [-0.2, -0.15) is 0 Å². The monoisotopic (exact) mass is 225 g/mol. The Morgan fingerprint density at radius 1 is 1.38 bits per heavy atom. The Kier molecular flexibility index (Phi) is 4.45. The van der Waals surface area contributed by atoms with Crippen molar-refractivity contribution in [3.63, 3.8) is 0 Å². The molecule has 0 bridgehead atoms. The van der Waals surface area contributed by atoms with Crippen LogP contribution in [0.4, 0.5) is 11.6 Å². The summed E-state index contributed by atoms with van der Waals surface area (Å²) in [6.45, 7) is 5.08. The lowest BCUT2D eigenvalue weighted by Gasteiger charge is -2.24. The highest BCUT2D eigenvalue weighted by atomic mass is 16.3. The maximum Gasteiger partial charge on any atom is 0.145 e. The fourth-order valence-corrected chi connectivity index (χ4v) is 1.25. The van der Waals surface area contributed by atoms with Crippen LogP contribution in [0.1, 0.15) is 20.3 Å². The van der Waals surface area contributed by atoms with Crippen LogP contribution < -0.4 is 16.6 Å². The molecule has 0 aromatic carbocycles. The maximum absolute atomic E-state index is 8.90. The zero-order valence-electron chi connectivity index (χ0n) is 9.70. The van der Waals surface area contributed by atoms with E-state index in [1.165, 1.54) is 6.33 Å². The van der Waals surface area contributed by atoms with Crippen molar-refractivity contribution in [1.82, 2.24) is 9.97 Å². The van der Waals surface area contributed by atoms with Crippen LogP contribution in [-0.4, -0.2) is 28.2 Å². The molecule has 0 unspecified atom stereocenters. The van der Waals surface area contributed by atoms with Crippen molar-refractivity contribution in [2.45, 2.75) is 20.3 Å². The Hall–Kier alpha value is -1.40. The summed E-state index contributed by atoms with van der Waals surface area (Å²) in [6, 6.07) is 1.73. The summed E-state index contributed by atoms with van der Waals surface area (Å²) in [4.78, 5) is 7.98. The minimum Gasteiger partial charge on any atom is -0.396 e. The number of nitrogens with zero attached hydrogens (tertiary/aromatic N) is 2. The number of aromatic nitrogens is 2. The first-order valence-electron chi connectivity index (χ1n) is 5.21. The third-order valence-electron chi connectivity index (χ3n) is 2.35. The molecule has 0 aliphatic rings. The number of nitrogen functional groups attached to an aromatic ring is 1. The fraction of sp³-hybridized carbons (Fsp3) is 0.600. The van der Waals surface area contributed by atoms with Gasteiger partial charge in [-0.1, -0.05) is 13.8 Å². The number of nitrogens with two attached hydrogens (primary N) is 1. The summed E-state index contributed by atoms with van der Waals surface area (Å²) in [5, 5.41) is 12.1. The molecule has 0 fully saturated rings. The van der Waals surface area contributed by atoms with Gasteiger partial charge in [0.05, 0.1) is 0 Å². The molecular weight excluding hydrogens is 206 g/mol. The number of hydrazine groups is 1. The molecule has 0 amide bonds. The van der Waals surface area contributed by atoms with Crippen LogP contribution in [0.5, 0.6) is 0 Å². The maximum atomic E-state index is 8.90. The Morgan fingerprint density at radius 3 is 2.69 bits per heavy atom. The first-order valence-corrected chi connectivity index (χ1v) is 5.21. The summed E-state index contributed by atoms with van der Waals surface area (Å²) in [5.74, 6) is 6.53. The summed E-state index contributed by atoms with van der Waals surface area (Å²) in [5.41, 5.74) is 2.48. The number of rotatable bonds is 6. The average Bonchev–Trinajstić information content (AvgIpc) is 2.27. The van der Waals surface area contributed by atoms with Crippen LogP contribution in [0, 0.1) is 5.41 Å². The van der Waals surface area contributed by atoms with Gasteiger partial charge in [0.1, 0.15) is 18.0 Å². The van der Waals surface area contributed by atoms with E-state index in [1.54, 1.807) is 6.07 Å². The second-order valence-electron chi connectivity index (χ2n) is 4.42. The molecule has 0 aliphatic heterocycles. The zero-order valence-corrected chi connectivity index (χ0v) is 9.70. The lowest BCUT2D eigenvalue weighted by molar-refractivity contribution is 0.220. The molecule has 0 spiro atoms. The minimum absolute atomic E-state index is 0.0238. The number of aliphatic hydroxyl groups is 1. The number of hydrogen-bond donors (Lipinski definition) is 4. The molecule has 1 aromatic heterocycles. The highest BCUT2D eigenvalue weighted by molar-refractivity contribution is 5.45. The quantitative estimate of drug-likeness (QED) is 0.418. The van der Waals surface area contributed by atoms with Crippen LogP contribution >= 0.6 is 0 Å². The van der Waals surface area contributed by atoms with Crippen molar-refractivity contribution in [3.05, 3.63) is 12.4 Å². The van der Waals surface area contributed by atoms with Crippen LogP contribution in [0.2, 0.25) is 0 Å². The van der Waals surface area contributed by atoms with Gasteiger partial charge in [-0.15, -0.1) is 0 Å². The van der Waals surface area contributed by atoms with E-state index < -0.39 is 0 Å². The predicted molar refractivity (Wildman–Crippen MR) is 63.8 cm³/mol. The molecule has 6 heteroatoms. The van der Waals surface area contributed by atoms with E-state index in [-0.39, 0.29) is 12.0 Å². The lowest BCUT2D eigenvalue weighted by Crippen LogP contribution is -2.24. The Morgan fingerprint density at radius 2 is 2.06 bits per heavy atom. The smallest absolute Gasteiger partial charge is 0.145 e. The fourth-order valence-electron chi connectivity index (χ4n) is 1.25. The standard InChI is InChI=1S/C10H19N5O/c1-10(2,3-4-16)6-12-8-5-9(15-11)14-7-13-8/h5,7,16H,3-4,6,11H2,1-2H3,(H2,12,13,14,15). The second kappa shape index (κ2) is 5.62. The third kappa shape index (κ3) is 4.00. The SMILES string of the molecule is CC(C)(CCO)CNc1cc(NN)ncn1. The van der Waals surface area contributed by atoms with Gasteiger partial charge in [-0.3, -0.25) is 0 Å². The molecule has 1 heterocycles. The Labute approximate surface area is 95.3 Å². The number of anilines is 2. The van der Waals surface area contributed by atoms with E-state index in [9.17, 15) is 0 Å². The van der Waals surface area contributed by atoms with E-state index >= 15 is 0 Å². The summed E-state index contributed by atoms with van der Waals surface area (Å²) >= 11 is 0. The van der Waals surface area contributed by atoms with Gasteiger partial charge in [0, 0.05) is 19.2 Å². The second-order valence-corrected chi connectivity index (χ2v) is 4.42. The molecule has 0 atom stereocenters. The topological polar surface area (TPSA) is 96.1 Å². The first kappa shape index (κ1) is 12.7. The molecule has 0 radical (unpaired) electrons. The highest BCUT2D eigenvalue weighted by Crippen LogP contribution is 2.20. The number of nitrogens with one attached hydrogen (secondary N) is 2. The van der Waals surface area contributed by atoms with Crippen molar-refractivity contribution < 1.29 is 5.11 Å². The summed E-state index contributed by atoms with van der Waals surface area (Å²) in [6.07, 6.45) is 2.18. The lowest BCUT2D eigenvalue weighted by atomic mass is 9.90. The van der Waals surface area contributed by atoms with E-state index in [0.29, 0.717) is 11.6 Å². The van der Waals surface area contributed by atoms with Gasteiger partial charge in [-0.05, 0) is 11.8 Å². The van der Waals surface area contributed by atoms with Gasteiger partial charge in [0.15, 0.2) is 0 Å². The molecular formula is C10H19N5O. The van der Waals surface area contributed by atoms with Crippen molar-refractivity contribution in [3.8, 4) is 0 Å². The van der Waals surface area contributed by atoms with Crippen molar-refractivity contribution in [2.24, 2.45) is 11.3 Å². The molecule has 1 rings (SSSR count). The molecule has 6 nitrogen and oxygen atoms in total. The molecule has 90 valence electrons. The Balaban J connectivity index is 2.53. The zero-order chi connectivity index (χ0) is 12.0. The highest BCUT2D eigenvalue weighted by Gasteiger charge is 2.16. The van der Waals surface area contributed by atoms with Crippen molar-refractivity contribution in [2.75, 3.05) is 23.9 Å². The first-order chi connectivity index (χ1) is 7.57. The minimum atomic E-state index is 0.0238. The van der Waals surface area contributed by atoms with Crippen molar-refractivity contribution in [1.29, 1.82) is 0 Å². The largest absolute Gasteiger partial charge is 0.396 e. The van der Waals surface area contributed by atoms with Crippen molar-refractivity contribution >= 4 is 11.6 Å². The Bertz CT molecular complexity index is 329. The predicted octanol–water partition coefficient (Wildman–Crippen LogP) is 0.583. The molecule has 1 aromatic rings. The van der Waals surface area contributed by atoms with Crippen LogP contribution in [0.15, 0.2) is 12.4 Å². The van der Waals surface area contributed by atoms with Gasteiger partial charge in [-0.25, -0.2) is 15.8 Å². The van der Waals surface area contributed by atoms with Gasteiger partial charge in [0.2, 0.25) is 0 Å². The number of aliphatic hydroxyl groups excluding tert-OH is 1. The number of hydrogen-bond acceptors (Lipinski definition) is 6. The van der Waals surface area contributed by atoms with E-state index in [2.05, 4.69) is 34.6 Å². The van der Waals surface area contributed by atoms with Crippen LogP contribution in [0.25, 0.3) is 0 Å². The van der Waals surface area contributed by atoms with Crippen LogP contribution in [0.3, 0.4) is 0 Å². The summed E-state index contributed by atoms with van der Waals surface area (Å²) in [7, 11) is 0. The molecule has 0 saturated heterocycles. The van der Waals surface area contributed by atoms with Gasteiger partial charge in [0.25, 0.3) is 0 Å². The summed E-state index contributed by atoms with van der Waals surface area (Å²) < 4.78 is 0. The van der Waals surface area contributed by atoms with Gasteiger partial charge >= 0.3 is 0 Å². The normalized spacial score (nSPS) is 11.2. The van der Waals surface area contributed by atoms with Gasteiger partial charge < -0.3 is 15.8 Å².